The molecule has 0 amide bonds. The average Bonchev–Trinajstić information content (AvgIpc) is 1.63. The van der Waals surface area contributed by atoms with E-state index in [-0.39, 0.29) is 103 Å². The fourth-order valence-corrected chi connectivity index (χ4v) is 0.333. The zero-order valence-electron chi connectivity index (χ0n) is 6.92. The third kappa shape index (κ3) is 12.2. The van der Waals surface area contributed by atoms with Gasteiger partial charge < -0.3 is 19.8 Å². The number of carboxylic acids is 2. The Morgan fingerprint density at radius 2 is 1.64 bits per heavy atom. The molecule has 52 valence electrons. The van der Waals surface area contributed by atoms with Crippen LogP contribution in [0.1, 0.15) is 13.3 Å². The Morgan fingerprint density at radius 1 is 1.27 bits per heavy atom. The van der Waals surface area contributed by atoms with Crippen molar-refractivity contribution in [3.05, 3.63) is 0 Å². The van der Waals surface area contributed by atoms with Crippen LogP contribution in [-0.4, -0.2) is 11.9 Å². The van der Waals surface area contributed by atoms with Gasteiger partial charge in [-0.25, -0.2) is 0 Å². The average molecular weight is 208 g/mol. The molecule has 0 aliphatic heterocycles. The Hall–Kier alpha value is 2.21. The third-order valence-corrected chi connectivity index (χ3v) is 0.875. The quantitative estimate of drug-likeness (QED) is 0.431. The van der Waals surface area contributed by atoms with Crippen molar-refractivity contribution >= 4 is 11.9 Å². The van der Waals surface area contributed by atoms with Crippen molar-refractivity contribution in [1.29, 1.82) is 0 Å². The molecule has 11 heavy (non-hydrogen) atoms. The standard InChI is InChI=1S/C5H8O4.2K/c1-3(5(8)9)2-4(6)7;;/h3H,2H2,1H3,(H,6,7)(H,8,9);;/q;2*+1/p-2. The molecule has 1 atom stereocenters. The number of aliphatic carboxylic acids is 2. The van der Waals surface area contributed by atoms with E-state index in [4.69, 9.17) is 0 Å². The monoisotopic (exact) mass is 208 g/mol. The largest absolute Gasteiger partial charge is 1.00 e. The molecule has 0 fully saturated rings. The first-order valence-corrected chi connectivity index (χ1v) is 2.44. The fraction of sp³-hybridized carbons (Fsp3) is 0.600. The van der Waals surface area contributed by atoms with Gasteiger partial charge in [-0.15, -0.1) is 0 Å². The molecule has 0 bridgehead atoms. The molecule has 0 saturated carbocycles. The summed E-state index contributed by atoms with van der Waals surface area (Å²) in [7, 11) is 0. The molecule has 0 aromatic rings. The second kappa shape index (κ2) is 10.3. The van der Waals surface area contributed by atoms with Gasteiger partial charge in [0.1, 0.15) is 0 Å². The Kier molecular flexibility index (Phi) is 17.7. The summed E-state index contributed by atoms with van der Waals surface area (Å²) in [6.45, 7) is 1.26. The van der Waals surface area contributed by atoms with Crippen LogP contribution in [0, 0.1) is 5.92 Å². The summed E-state index contributed by atoms with van der Waals surface area (Å²) >= 11 is 0. The normalized spacial score (nSPS) is 10.3. The van der Waals surface area contributed by atoms with Crippen LogP contribution in [0.3, 0.4) is 0 Å². The maximum Gasteiger partial charge on any atom is 1.00 e. The van der Waals surface area contributed by atoms with Crippen LogP contribution < -0.4 is 113 Å². The molecule has 0 saturated heterocycles. The van der Waals surface area contributed by atoms with Crippen LogP contribution >= 0.6 is 0 Å². The van der Waals surface area contributed by atoms with Crippen LogP contribution in [-0.2, 0) is 9.59 Å². The first kappa shape index (κ1) is 18.9. The predicted molar refractivity (Wildman–Crippen MR) is 23.8 cm³/mol. The van der Waals surface area contributed by atoms with E-state index < -0.39 is 24.3 Å². The Balaban J connectivity index is -0.000000320. The summed E-state index contributed by atoms with van der Waals surface area (Å²) < 4.78 is 0. The van der Waals surface area contributed by atoms with Crippen molar-refractivity contribution in [1.82, 2.24) is 0 Å². The summed E-state index contributed by atoms with van der Waals surface area (Å²) in [5, 5.41) is 19.5. The van der Waals surface area contributed by atoms with Gasteiger partial charge in [-0.2, -0.15) is 0 Å². The van der Waals surface area contributed by atoms with E-state index in [0.717, 1.165) is 0 Å². The van der Waals surface area contributed by atoms with E-state index in [1.54, 1.807) is 0 Å². The van der Waals surface area contributed by atoms with Crippen molar-refractivity contribution in [3.8, 4) is 0 Å². The Morgan fingerprint density at radius 3 is 1.73 bits per heavy atom. The molecule has 0 heterocycles. The fourth-order valence-electron chi connectivity index (χ4n) is 0.333. The van der Waals surface area contributed by atoms with Crippen LogP contribution in [0.25, 0.3) is 0 Å². The van der Waals surface area contributed by atoms with E-state index >= 15 is 0 Å². The van der Waals surface area contributed by atoms with Gasteiger partial charge in [0, 0.05) is 17.9 Å². The number of carbonyl (C=O) groups excluding carboxylic acids is 2. The van der Waals surface area contributed by atoms with Gasteiger partial charge in [-0.05, 0) is 6.42 Å². The first-order valence-electron chi connectivity index (χ1n) is 2.44. The van der Waals surface area contributed by atoms with E-state index in [9.17, 15) is 19.8 Å². The molecule has 0 radical (unpaired) electrons. The Labute approximate surface area is 150 Å². The molecular weight excluding hydrogens is 202 g/mol. The zero-order chi connectivity index (χ0) is 7.44. The molecule has 0 aliphatic rings. The van der Waals surface area contributed by atoms with Gasteiger partial charge in [0.05, 0.1) is 0 Å². The molecule has 4 nitrogen and oxygen atoms in total. The summed E-state index contributed by atoms with van der Waals surface area (Å²) in [4.78, 5) is 19.5. The van der Waals surface area contributed by atoms with Gasteiger partial charge in [0.25, 0.3) is 0 Å². The molecule has 0 rings (SSSR count). The minimum absolute atomic E-state index is 0. The third-order valence-electron chi connectivity index (χ3n) is 0.875. The van der Waals surface area contributed by atoms with E-state index in [1.165, 1.54) is 6.92 Å². The number of carboxylic acid groups (broad SMARTS) is 2. The summed E-state index contributed by atoms with van der Waals surface area (Å²) in [6, 6.07) is 0. The molecule has 0 N–H and O–H groups in total. The number of carbonyl (C=O) groups is 2. The van der Waals surface area contributed by atoms with Crippen LogP contribution in [0.5, 0.6) is 0 Å². The van der Waals surface area contributed by atoms with Gasteiger partial charge in [-0.3, -0.25) is 0 Å². The van der Waals surface area contributed by atoms with Crippen molar-refractivity contribution in [2.45, 2.75) is 13.3 Å². The first-order chi connectivity index (χ1) is 4.04. The second-order valence-electron chi connectivity index (χ2n) is 1.80. The SMILES string of the molecule is CC(CC(=O)[O-])C(=O)[O-].[K+].[K+]. The maximum absolute atomic E-state index is 9.83. The zero-order valence-corrected chi connectivity index (χ0v) is 13.2. The predicted octanol–water partition coefficient (Wildman–Crippen LogP) is -8.48. The van der Waals surface area contributed by atoms with Gasteiger partial charge >= 0.3 is 103 Å². The second-order valence-corrected chi connectivity index (χ2v) is 1.80. The van der Waals surface area contributed by atoms with E-state index in [2.05, 4.69) is 0 Å². The number of hydrogen-bond donors (Lipinski definition) is 0. The van der Waals surface area contributed by atoms with E-state index in [1.807, 2.05) is 0 Å². The molecule has 0 aromatic carbocycles. The molecule has 0 spiro atoms. The van der Waals surface area contributed by atoms with Crippen molar-refractivity contribution in [3.63, 3.8) is 0 Å². The summed E-state index contributed by atoms with van der Waals surface area (Å²) in [6.07, 6.45) is -0.484. The molecule has 0 aliphatic carbocycles. The molecule has 1 unspecified atom stereocenters. The molecular formula is C5H6K2O4. The number of rotatable bonds is 3. The van der Waals surface area contributed by atoms with Crippen LogP contribution in [0.15, 0.2) is 0 Å². The summed E-state index contributed by atoms with van der Waals surface area (Å²) in [5.41, 5.74) is 0. The minimum atomic E-state index is -1.37. The van der Waals surface area contributed by atoms with Crippen LogP contribution in [0.4, 0.5) is 0 Å². The molecule has 6 heteroatoms. The topological polar surface area (TPSA) is 80.3 Å². The van der Waals surface area contributed by atoms with Gasteiger partial charge in [0.2, 0.25) is 0 Å². The van der Waals surface area contributed by atoms with Crippen LogP contribution in [0.2, 0.25) is 0 Å². The van der Waals surface area contributed by atoms with E-state index in [0.29, 0.717) is 0 Å². The van der Waals surface area contributed by atoms with Crippen molar-refractivity contribution in [2.24, 2.45) is 5.92 Å². The van der Waals surface area contributed by atoms with Gasteiger partial charge in [-0.1, -0.05) is 6.92 Å². The smallest absolute Gasteiger partial charge is 0.550 e. The number of hydrogen-bond acceptors (Lipinski definition) is 4. The van der Waals surface area contributed by atoms with Crippen molar-refractivity contribution in [2.75, 3.05) is 0 Å². The Bertz CT molecular complexity index is 136. The van der Waals surface area contributed by atoms with Crippen molar-refractivity contribution < 1.29 is 123 Å². The van der Waals surface area contributed by atoms with Gasteiger partial charge in [0.15, 0.2) is 0 Å². The summed E-state index contributed by atoms with van der Waals surface area (Å²) in [5.74, 6) is -3.69. The molecule has 0 aromatic heterocycles. The minimum Gasteiger partial charge on any atom is -0.550 e. The maximum atomic E-state index is 9.83.